The van der Waals surface area contributed by atoms with Crippen molar-refractivity contribution in [2.45, 2.75) is 18.9 Å². The van der Waals surface area contributed by atoms with Crippen molar-refractivity contribution in [3.63, 3.8) is 0 Å². The molecule has 1 aliphatic rings. The number of carbonyl (C=O) groups is 1. The molecular formula is C5H13N4O5PS. The largest absolute Gasteiger partial charge is 0.341 e. The van der Waals surface area contributed by atoms with Gasteiger partial charge in [-0.15, -0.1) is 4.49 Å². The van der Waals surface area contributed by atoms with E-state index in [-0.39, 0.29) is 6.54 Å². The van der Waals surface area contributed by atoms with Crippen LogP contribution in [-0.2, 0) is 19.7 Å². The van der Waals surface area contributed by atoms with Gasteiger partial charge in [-0.2, -0.15) is 8.42 Å². The summed E-state index contributed by atoms with van der Waals surface area (Å²) in [6, 6.07) is -0.853. The Labute approximate surface area is 92.6 Å². The first-order chi connectivity index (χ1) is 7.13. The highest BCUT2D eigenvalue weighted by Gasteiger charge is 2.38. The van der Waals surface area contributed by atoms with Crippen molar-refractivity contribution in [3.05, 3.63) is 0 Å². The summed E-state index contributed by atoms with van der Waals surface area (Å²) < 4.78 is 43.2. The standard InChI is InChI=1S/C5H13N4O5PS/c6-4-2-1-3-9(5(4)10)15(7,11)8-16(12,13)14/h4H,1-3,6H2,(H3,7,8,11)(H,12,13,14)/t4?,15-/m0/s1. The van der Waals surface area contributed by atoms with Gasteiger partial charge in [0.15, 0.2) is 0 Å². The molecule has 1 rings (SSSR count). The molecule has 0 bridgehead atoms. The number of hydrogen-bond donors (Lipinski definition) is 4. The van der Waals surface area contributed by atoms with E-state index in [2.05, 4.69) is 0 Å². The number of nitrogens with one attached hydrogen (secondary N) is 1. The summed E-state index contributed by atoms with van der Waals surface area (Å²) in [7, 11) is -8.91. The highest BCUT2D eigenvalue weighted by molar-refractivity contribution is 7.90. The van der Waals surface area contributed by atoms with Crippen LogP contribution in [0.15, 0.2) is 0 Å². The van der Waals surface area contributed by atoms with Gasteiger partial charge in [0.1, 0.15) is 0 Å². The number of nitrogens with two attached hydrogens (primary N) is 2. The fraction of sp³-hybridized carbons (Fsp3) is 0.800. The maximum atomic E-state index is 11.7. The second-order valence-electron chi connectivity index (χ2n) is 3.40. The quantitative estimate of drug-likeness (QED) is 0.356. The van der Waals surface area contributed by atoms with Gasteiger partial charge < -0.3 is 5.73 Å². The average Bonchev–Trinajstić information content (AvgIpc) is 2.05. The van der Waals surface area contributed by atoms with E-state index in [1.165, 1.54) is 4.49 Å². The van der Waals surface area contributed by atoms with Crippen molar-refractivity contribution in [2.75, 3.05) is 6.54 Å². The third-order valence-electron chi connectivity index (χ3n) is 2.06. The summed E-state index contributed by atoms with van der Waals surface area (Å²) in [6.45, 7) is 0.0306. The molecule has 0 aromatic rings. The van der Waals surface area contributed by atoms with Gasteiger partial charge in [-0.1, -0.05) is 0 Å². The van der Waals surface area contributed by atoms with Crippen LogP contribution in [0.1, 0.15) is 12.8 Å². The summed E-state index contributed by atoms with van der Waals surface area (Å²) in [5.41, 5.74) is 10.6. The number of carbonyl (C=O) groups excluding carboxylic acids is 1. The Hall–Kier alpha value is -0.510. The molecule has 1 saturated heterocycles. The monoisotopic (exact) mass is 272 g/mol. The van der Waals surface area contributed by atoms with Gasteiger partial charge in [0.25, 0.3) is 0 Å². The molecule has 9 nitrogen and oxygen atoms in total. The third kappa shape index (κ3) is 3.24. The first-order valence-electron chi connectivity index (χ1n) is 4.36. The summed E-state index contributed by atoms with van der Waals surface area (Å²) in [5, 5.41) is 0. The number of nitrogens with zero attached hydrogens (tertiary/aromatic N) is 1. The molecule has 1 fully saturated rings. The molecule has 0 spiro atoms. The predicted molar refractivity (Wildman–Crippen MR) is 55.4 cm³/mol. The van der Waals surface area contributed by atoms with Gasteiger partial charge in [0.05, 0.1) is 6.04 Å². The Morgan fingerprint density at radius 1 is 1.56 bits per heavy atom. The molecule has 0 aromatic heterocycles. The molecule has 1 amide bonds. The van der Waals surface area contributed by atoms with Crippen LogP contribution in [0.5, 0.6) is 0 Å². The van der Waals surface area contributed by atoms with Crippen LogP contribution in [0, 0.1) is 0 Å². The molecule has 94 valence electrons. The lowest BCUT2D eigenvalue weighted by atomic mass is 10.1. The molecule has 11 heteroatoms. The highest BCUT2D eigenvalue weighted by Crippen LogP contribution is 2.39. The molecule has 0 aromatic carbocycles. The highest BCUT2D eigenvalue weighted by atomic mass is 32.2. The van der Waals surface area contributed by atoms with Crippen LogP contribution in [0.25, 0.3) is 0 Å². The molecule has 1 unspecified atom stereocenters. The SMILES string of the molecule is NC1CCCN([P@@](N)(=O)NS(=O)(=O)O)C1=O. The van der Waals surface area contributed by atoms with E-state index in [0.717, 1.165) is 0 Å². The first-order valence-corrected chi connectivity index (χ1v) is 7.53. The summed E-state index contributed by atoms with van der Waals surface area (Å²) in [6.07, 6.45) is 0.877. The Morgan fingerprint density at radius 3 is 2.62 bits per heavy atom. The van der Waals surface area contributed by atoms with E-state index in [4.69, 9.17) is 15.8 Å². The number of rotatable bonds is 3. The van der Waals surface area contributed by atoms with E-state index < -0.39 is 29.8 Å². The smallest absolute Gasteiger partial charge is 0.320 e. The van der Waals surface area contributed by atoms with E-state index >= 15 is 0 Å². The molecular weight excluding hydrogens is 259 g/mol. The molecule has 0 saturated carbocycles. The van der Waals surface area contributed by atoms with Crippen molar-refractivity contribution in [2.24, 2.45) is 11.2 Å². The van der Waals surface area contributed by atoms with Gasteiger partial charge in [0, 0.05) is 6.54 Å². The minimum atomic E-state index is -4.74. The Morgan fingerprint density at radius 2 is 2.12 bits per heavy atom. The number of amides is 1. The lowest BCUT2D eigenvalue weighted by Crippen LogP contribution is -2.50. The van der Waals surface area contributed by atoms with Crippen molar-refractivity contribution in [1.82, 2.24) is 9.16 Å². The van der Waals surface area contributed by atoms with Crippen LogP contribution in [0.4, 0.5) is 0 Å². The minimum absolute atomic E-state index is 0.0306. The van der Waals surface area contributed by atoms with Gasteiger partial charge in [-0.3, -0.25) is 24.1 Å². The summed E-state index contributed by atoms with van der Waals surface area (Å²) >= 11 is 0. The van der Waals surface area contributed by atoms with Crippen LogP contribution >= 0.6 is 7.59 Å². The Bertz CT molecular complexity index is 436. The lowest BCUT2D eigenvalue weighted by molar-refractivity contribution is -0.129. The van der Waals surface area contributed by atoms with Crippen molar-refractivity contribution in [3.8, 4) is 0 Å². The topological polar surface area (TPSA) is 156 Å². The first kappa shape index (κ1) is 13.6. The summed E-state index contributed by atoms with van der Waals surface area (Å²) in [4.78, 5) is 11.5. The maximum Gasteiger partial charge on any atom is 0.341 e. The number of piperidine rings is 1. The molecule has 1 aliphatic heterocycles. The Kier molecular flexibility index (Phi) is 3.72. The van der Waals surface area contributed by atoms with Crippen LogP contribution < -0.4 is 15.7 Å². The van der Waals surface area contributed by atoms with Crippen molar-refractivity contribution < 1.29 is 22.3 Å². The molecule has 1 heterocycles. The van der Waals surface area contributed by atoms with Gasteiger partial charge in [0.2, 0.25) is 5.91 Å². The third-order valence-corrected chi connectivity index (χ3v) is 5.15. The second kappa shape index (κ2) is 4.40. The van der Waals surface area contributed by atoms with Crippen LogP contribution in [0.3, 0.4) is 0 Å². The van der Waals surface area contributed by atoms with Gasteiger partial charge in [-0.25, -0.2) is 0 Å². The van der Waals surface area contributed by atoms with Crippen LogP contribution in [0.2, 0.25) is 0 Å². The van der Waals surface area contributed by atoms with E-state index in [0.29, 0.717) is 17.5 Å². The van der Waals surface area contributed by atoms with E-state index in [9.17, 15) is 17.8 Å². The van der Waals surface area contributed by atoms with Crippen LogP contribution in [-0.4, -0.2) is 36.1 Å². The molecule has 16 heavy (non-hydrogen) atoms. The average molecular weight is 272 g/mol. The predicted octanol–water partition coefficient (Wildman–Crippen LogP) is -1.60. The zero-order chi connectivity index (χ0) is 12.6. The maximum absolute atomic E-state index is 11.7. The van der Waals surface area contributed by atoms with Gasteiger partial charge in [-0.05, 0) is 12.8 Å². The zero-order valence-electron chi connectivity index (χ0n) is 8.24. The van der Waals surface area contributed by atoms with E-state index in [1.807, 2.05) is 0 Å². The molecule has 6 N–H and O–H groups in total. The Balaban J connectivity index is 2.91. The molecule has 2 atom stereocenters. The van der Waals surface area contributed by atoms with Gasteiger partial charge >= 0.3 is 17.9 Å². The molecule has 0 radical (unpaired) electrons. The lowest BCUT2D eigenvalue weighted by Gasteiger charge is -2.33. The fourth-order valence-electron chi connectivity index (χ4n) is 1.40. The summed E-state index contributed by atoms with van der Waals surface area (Å²) in [5.74, 6) is -0.701. The number of hydrogen-bond acceptors (Lipinski definition) is 5. The second-order valence-corrected chi connectivity index (χ2v) is 6.81. The normalized spacial score (nSPS) is 26.6. The zero-order valence-corrected chi connectivity index (χ0v) is 9.95. The minimum Gasteiger partial charge on any atom is -0.320 e. The fourth-order valence-corrected chi connectivity index (χ4v) is 3.99. The van der Waals surface area contributed by atoms with Crippen molar-refractivity contribution >= 4 is 23.8 Å². The van der Waals surface area contributed by atoms with E-state index in [1.54, 1.807) is 0 Å². The van der Waals surface area contributed by atoms with Crippen molar-refractivity contribution in [1.29, 1.82) is 0 Å². The molecule has 0 aliphatic carbocycles.